The summed E-state index contributed by atoms with van der Waals surface area (Å²) >= 11 is 0. The fourth-order valence-corrected chi connectivity index (χ4v) is 9.33. The summed E-state index contributed by atoms with van der Waals surface area (Å²) in [6, 6.07) is 10.3. The smallest absolute Gasteiger partial charge is 0.312 e. The number of Topliss-reactive ketones (excluding diaryl/α,β-unsaturated/α-hetero) is 1. The average Bonchev–Trinajstić information content (AvgIpc) is 2.62. The molecule has 0 amide bonds. The van der Waals surface area contributed by atoms with E-state index in [2.05, 4.69) is 25.2 Å². The van der Waals surface area contributed by atoms with Gasteiger partial charge in [-0.2, -0.15) is 0 Å². The zero-order chi connectivity index (χ0) is 18.2. The molecular formula is C20H28O4Si. The monoisotopic (exact) mass is 360 g/mol. The molecule has 1 unspecified atom stereocenters. The Kier molecular flexibility index (Phi) is 4.90. The Hall–Kier alpha value is -1.46. The molecule has 136 valence electrons. The number of esters is 1. The van der Waals surface area contributed by atoms with Gasteiger partial charge in [-0.15, -0.1) is 0 Å². The maximum absolute atomic E-state index is 13.0. The van der Waals surface area contributed by atoms with Gasteiger partial charge in [-0.1, -0.05) is 48.6 Å². The summed E-state index contributed by atoms with van der Waals surface area (Å²) in [5.41, 5.74) is -0.776. The lowest BCUT2D eigenvalue weighted by Crippen LogP contribution is -2.62. The van der Waals surface area contributed by atoms with Crippen LogP contribution in [0.2, 0.25) is 18.6 Å². The van der Waals surface area contributed by atoms with E-state index in [0.717, 1.165) is 6.42 Å². The molecule has 2 aliphatic carbocycles. The molecule has 2 saturated carbocycles. The predicted octanol–water partition coefficient (Wildman–Crippen LogP) is 2.66. The number of aliphatic hydroxyl groups is 1. The van der Waals surface area contributed by atoms with E-state index in [1.165, 1.54) is 12.3 Å². The van der Waals surface area contributed by atoms with Crippen LogP contribution >= 0.6 is 0 Å². The van der Waals surface area contributed by atoms with E-state index in [4.69, 9.17) is 4.74 Å². The van der Waals surface area contributed by atoms with Crippen LogP contribution in [0.5, 0.6) is 0 Å². The number of carbonyl (C=O) groups excluding carboxylic acids is 2. The number of ether oxygens (including phenoxy) is 1. The highest BCUT2D eigenvalue weighted by molar-refractivity contribution is 6.91. The van der Waals surface area contributed by atoms with Gasteiger partial charge in [-0.25, -0.2) is 0 Å². The van der Waals surface area contributed by atoms with Crippen molar-refractivity contribution >= 4 is 25.0 Å². The third-order valence-electron chi connectivity index (χ3n) is 6.67. The summed E-state index contributed by atoms with van der Waals surface area (Å²) in [6.07, 6.45) is 2.30. The van der Waals surface area contributed by atoms with E-state index in [-0.39, 0.29) is 23.2 Å². The number of carbonyl (C=O) groups is 2. The summed E-state index contributed by atoms with van der Waals surface area (Å²) < 4.78 is 5.26. The first-order valence-electron chi connectivity index (χ1n) is 9.17. The van der Waals surface area contributed by atoms with Gasteiger partial charge in [-0.3, -0.25) is 9.59 Å². The quantitative estimate of drug-likeness (QED) is 0.665. The second kappa shape index (κ2) is 6.69. The molecular weight excluding hydrogens is 332 g/mol. The van der Waals surface area contributed by atoms with Crippen molar-refractivity contribution in [2.24, 2.45) is 11.3 Å². The maximum Gasteiger partial charge on any atom is 0.312 e. The summed E-state index contributed by atoms with van der Waals surface area (Å²) in [5.74, 6) is -0.368. The number of aliphatic hydroxyl groups excluding tert-OH is 1. The highest BCUT2D eigenvalue weighted by atomic mass is 28.3. The second-order valence-corrected chi connectivity index (χ2v) is 12.9. The first-order valence-corrected chi connectivity index (χ1v) is 12.3. The summed E-state index contributed by atoms with van der Waals surface area (Å²) in [5, 5.41) is 11.9. The van der Waals surface area contributed by atoms with E-state index in [9.17, 15) is 14.7 Å². The molecule has 2 fully saturated rings. The van der Waals surface area contributed by atoms with Gasteiger partial charge in [0.05, 0.1) is 26.7 Å². The van der Waals surface area contributed by atoms with Gasteiger partial charge < -0.3 is 9.84 Å². The molecule has 4 nitrogen and oxygen atoms in total. The topological polar surface area (TPSA) is 63.6 Å². The zero-order valence-corrected chi connectivity index (χ0v) is 16.3. The highest BCUT2D eigenvalue weighted by Gasteiger charge is 2.63. The van der Waals surface area contributed by atoms with E-state index in [0.29, 0.717) is 25.7 Å². The van der Waals surface area contributed by atoms with Crippen molar-refractivity contribution in [3.63, 3.8) is 0 Å². The lowest BCUT2D eigenvalue weighted by atomic mass is 9.57. The Morgan fingerprint density at radius 2 is 1.92 bits per heavy atom. The Morgan fingerprint density at radius 1 is 1.24 bits per heavy atom. The normalized spacial score (nSPS) is 32.8. The predicted molar refractivity (Wildman–Crippen MR) is 99.3 cm³/mol. The van der Waals surface area contributed by atoms with Crippen molar-refractivity contribution in [2.45, 2.75) is 56.8 Å². The van der Waals surface area contributed by atoms with Crippen molar-refractivity contribution < 1.29 is 19.4 Å². The van der Waals surface area contributed by atoms with Crippen molar-refractivity contribution in [3.05, 3.63) is 30.3 Å². The third-order valence-corrected chi connectivity index (χ3v) is 11.0. The molecule has 0 aliphatic heterocycles. The van der Waals surface area contributed by atoms with Gasteiger partial charge in [0.2, 0.25) is 0 Å². The molecule has 0 heterocycles. The van der Waals surface area contributed by atoms with Gasteiger partial charge >= 0.3 is 5.97 Å². The van der Waals surface area contributed by atoms with Crippen LogP contribution in [0.1, 0.15) is 32.1 Å². The van der Waals surface area contributed by atoms with Crippen LogP contribution in [-0.4, -0.2) is 38.1 Å². The van der Waals surface area contributed by atoms with E-state index < -0.39 is 19.6 Å². The SMILES string of the molecule is COC(=O)[C@@]12CCCC(O)[C@H]1CC(=O)C[C@H]2[Si](C)(C)c1ccccc1. The minimum absolute atomic E-state index is 0.0453. The molecule has 1 aromatic carbocycles. The number of methoxy groups -OCH3 is 1. The van der Waals surface area contributed by atoms with Crippen LogP contribution in [0.3, 0.4) is 0 Å². The molecule has 1 N–H and O–H groups in total. The van der Waals surface area contributed by atoms with Crippen molar-refractivity contribution in [3.8, 4) is 0 Å². The second-order valence-electron chi connectivity index (χ2n) is 8.19. The fraction of sp³-hybridized carbons (Fsp3) is 0.600. The van der Waals surface area contributed by atoms with Crippen molar-refractivity contribution in [1.29, 1.82) is 0 Å². The summed E-state index contributed by atoms with van der Waals surface area (Å²) in [4.78, 5) is 25.6. The van der Waals surface area contributed by atoms with Crippen LogP contribution in [0.25, 0.3) is 0 Å². The van der Waals surface area contributed by atoms with E-state index in [1.807, 2.05) is 18.2 Å². The minimum atomic E-state index is -2.14. The van der Waals surface area contributed by atoms with Crippen LogP contribution in [0, 0.1) is 11.3 Å². The summed E-state index contributed by atoms with van der Waals surface area (Å²) in [7, 11) is -0.712. The number of hydrogen-bond donors (Lipinski definition) is 1. The van der Waals surface area contributed by atoms with Gasteiger partial charge in [0.25, 0.3) is 0 Å². The molecule has 5 heteroatoms. The van der Waals surface area contributed by atoms with Crippen LogP contribution < -0.4 is 5.19 Å². The molecule has 3 rings (SSSR count). The molecule has 2 aliphatic rings. The molecule has 25 heavy (non-hydrogen) atoms. The third kappa shape index (κ3) is 2.87. The van der Waals surface area contributed by atoms with Gasteiger partial charge in [-0.05, 0) is 24.8 Å². The van der Waals surface area contributed by atoms with Crippen molar-refractivity contribution in [2.75, 3.05) is 7.11 Å². The standard InChI is InChI=1S/C20H28O4Si/c1-24-19(23)20-11-7-10-17(22)16(20)12-14(21)13-18(20)25(2,3)15-8-5-4-6-9-15/h4-6,8-9,16-18,22H,7,10-13H2,1-3H3/t16-,17?,18-,20+/m1/s1. The van der Waals surface area contributed by atoms with Gasteiger partial charge in [0, 0.05) is 18.8 Å². The van der Waals surface area contributed by atoms with E-state index in [1.54, 1.807) is 0 Å². The lowest BCUT2D eigenvalue weighted by molar-refractivity contribution is -0.170. The number of hydrogen-bond acceptors (Lipinski definition) is 4. The van der Waals surface area contributed by atoms with Crippen LogP contribution in [0.4, 0.5) is 0 Å². The number of rotatable bonds is 3. The number of ketones is 1. The van der Waals surface area contributed by atoms with Crippen LogP contribution in [0.15, 0.2) is 30.3 Å². The average molecular weight is 361 g/mol. The largest absolute Gasteiger partial charge is 0.469 e. The first kappa shape index (κ1) is 18.3. The van der Waals surface area contributed by atoms with Crippen LogP contribution in [-0.2, 0) is 14.3 Å². The Bertz CT molecular complexity index is 657. The molecule has 0 radical (unpaired) electrons. The Balaban J connectivity index is 2.14. The summed E-state index contributed by atoms with van der Waals surface area (Å²) in [6.45, 7) is 4.49. The molecule has 0 saturated heterocycles. The van der Waals surface area contributed by atoms with Gasteiger partial charge in [0.15, 0.2) is 0 Å². The first-order chi connectivity index (χ1) is 11.8. The Morgan fingerprint density at radius 3 is 2.56 bits per heavy atom. The minimum Gasteiger partial charge on any atom is -0.469 e. The maximum atomic E-state index is 13.0. The molecule has 1 aromatic rings. The molecule has 0 aromatic heterocycles. The molecule has 4 atom stereocenters. The molecule has 0 bridgehead atoms. The number of benzene rings is 1. The van der Waals surface area contributed by atoms with Gasteiger partial charge in [0.1, 0.15) is 5.78 Å². The zero-order valence-electron chi connectivity index (χ0n) is 15.3. The lowest BCUT2D eigenvalue weighted by Gasteiger charge is -2.55. The Labute approximate surface area is 150 Å². The fourth-order valence-electron chi connectivity index (χ4n) is 5.38. The van der Waals surface area contributed by atoms with E-state index >= 15 is 0 Å². The molecule has 0 spiro atoms. The van der Waals surface area contributed by atoms with Crippen molar-refractivity contribution in [1.82, 2.24) is 0 Å². The highest BCUT2D eigenvalue weighted by Crippen LogP contribution is 2.59. The number of fused-ring (bicyclic) bond motifs is 1.